The minimum atomic E-state index is -0.221. The predicted molar refractivity (Wildman–Crippen MR) is 111 cm³/mol. The van der Waals surface area contributed by atoms with Crippen molar-refractivity contribution in [2.75, 3.05) is 30.9 Å². The number of carbonyl (C=O) groups is 1. The zero-order chi connectivity index (χ0) is 19.9. The highest BCUT2D eigenvalue weighted by molar-refractivity contribution is 6.05. The van der Waals surface area contributed by atoms with E-state index in [1.807, 2.05) is 50.4 Å². The number of nitrogens with one attached hydrogen (secondary N) is 1. The first-order valence-electron chi connectivity index (χ1n) is 9.08. The van der Waals surface area contributed by atoms with E-state index >= 15 is 0 Å². The van der Waals surface area contributed by atoms with Crippen molar-refractivity contribution in [3.05, 3.63) is 77.9 Å². The lowest BCUT2D eigenvalue weighted by molar-refractivity contribution is 0.102. The lowest BCUT2D eigenvalue weighted by Crippen LogP contribution is -2.21. The number of hydrogen-bond donors (Lipinski definition) is 1. The van der Waals surface area contributed by atoms with Crippen LogP contribution in [0.1, 0.15) is 21.5 Å². The standard InChI is InChI=1S/C22H24N4O2/c1-16-4-5-21(28-3)20(12-16)25-22(27)18-13-19(15-24-14-18)26(2)11-8-17-6-9-23-10-7-17/h4-7,9-10,12-15H,8,11H2,1-3H3,(H,25,27). The summed E-state index contributed by atoms with van der Waals surface area (Å²) in [5.41, 5.74) is 4.28. The number of aryl methyl sites for hydroxylation is 1. The first-order chi connectivity index (χ1) is 13.6. The van der Waals surface area contributed by atoms with Crippen molar-refractivity contribution in [2.45, 2.75) is 13.3 Å². The number of ether oxygens (including phenoxy) is 1. The fraction of sp³-hybridized carbons (Fsp3) is 0.227. The van der Waals surface area contributed by atoms with E-state index in [0.29, 0.717) is 17.0 Å². The van der Waals surface area contributed by atoms with E-state index in [-0.39, 0.29) is 5.91 Å². The molecule has 0 aliphatic heterocycles. The Morgan fingerprint density at radius 3 is 2.64 bits per heavy atom. The Bertz CT molecular complexity index is 944. The summed E-state index contributed by atoms with van der Waals surface area (Å²) in [6.07, 6.45) is 7.80. The summed E-state index contributed by atoms with van der Waals surface area (Å²) in [5.74, 6) is 0.401. The number of aromatic nitrogens is 2. The quantitative estimate of drug-likeness (QED) is 0.681. The molecule has 2 heterocycles. The van der Waals surface area contributed by atoms with Crippen molar-refractivity contribution < 1.29 is 9.53 Å². The molecule has 0 spiro atoms. The molecular weight excluding hydrogens is 352 g/mol. The third kappa shape index (κ3) is 4.85. The molecule has 1 N–H and O–H groups in total. The average molecular weight is 376 g/mol. The molecule has 0 aliphatic rings. The third-order valence-corrected chi connectivity index (χ3v) is 4.52. The van der Waals surface area contributed by atoms with Crippen LogP contribution in [-0.2, 0) is 6.42 Å². The highest BCUT2D eigenvalue weighted by atomic mass is 16.5. The smallest absolute Gasteiger partial charge is 0.257 e. The van der Waals surface area contributed by atoms with Crippen LogP contribution in [-0.4, -0.2) is 36.6 Å². The number of rotatable bonds is 7. The minimum absolute atomic E-state index is 0.221. The molecule has 6 heteroatoms. The van der Waals surface area contributed by atoms with Gasteiger partial charge in [-0.25, -0.2) is 0 Å². The molecule has 0 unspecified atom stereocenters. The molecule has 0 atom stereocenters. The number of amides is 1. The van der Waals surface area contributed by atoms with Gasteiger partial charge < -0.3 is 15.0 Å². The fourth-order valence-corrected chi connectivity index (χ4v) is 2.85. The van der Waals surface area contributed by atoms with Gasteiger partial charge in [-0.2, -0.15) is 0 Å². The molecule has 3 rings (SSSR count). The number of benzene rings is 1. The number of hydrogen-bond acceptors (Lipinski definition) is 5. The van der Waals surface area contributed by atoms with Gasteiger partial charge in [0, 0.05) is 32.2 Å². The monoisotopic (exact) mass is 376 g/mol. The molecule has 28 heavy (non-hydrogen) atoms. The van der Waals surface area contributed by atoms with Crippen molar-refractivity contribution in [1.82, 2.24) is 9.97 Å². The van der Waals surface area contributed by atoms with Gasteiger partial charge in [0.05, 0.1) is 30.2 Å². The summed E-state index contributed by atoms with van der Waals surface area (Å²) in [4.78, 5) is 23.1. The molecule has 0 saturated heterocycles. The largest absolute Gasteiger partial charge is 0.495 e. The number of methoxy groups -OCH3 is 1. The Morgan fingerprint density at radius 1 is 1.11 bits per heavy atom. The van der Waals surface area contributed by atoms with Crippen molar-refractivity contribution in [3.8, 4) is 5.75 Å². The second-order valence-electron chi connectivity index (χ2n) is 6.62. The topological polar surface area (TPSA) is 67.3 Å². The first-order valence-corrected chi connectivity index (χ1v) is 9.08. The van der Waals surface area contributed by atoms with E-state index in [1.165, 1.54) is 5.56 Å². The van der Waals surface area contributed by atoms with Gasteiger partial charge in [0.1, 0.15) is 5.75 Å². The van der Waals surface area contributed by atoms with Gasteiger partial charge in [0.25, 0.3) is 5.91 Å². The molecule has 0 saturated carbocycles. The van der Waals surface area contributed by atoms with E-state index in [4.69, 9.17) is 4.74 Å². The molecule has 0 aliphatic carbocycles. The Kier molecular flexibility index (Phi) is 6.22. The van der Waals surface area contributed by atoms with E-state index < -0.39 is 0 Å². The first kappa shape index (κ1) is 19.4. The Labute approximate surface area is 165 Å². The van der Waals surface area contributed by atoms with Crippen LogP contribution < -0.4 is 15.0 Å². The predicted octanol–water partition coefficient (Wildman–Crippen LogP) is 3.72. The normalized spacial score (nSPS) is 10.4. The maximum Gasteiger partial charge on any atom is 0.257 e. The second-order valence-corrected chi connectivity index (χ2v) is 6.62. The van der Waals surface area contributed by atoms with Crippen LogP contribution in [0.3, 0.4) is 0 Å². The average Bonchev–Trinajstić information content (AvgIpc) is 2.73. The second kappa shape index (κ2) is 8.99. The SMILES string of the molecule is COc1ccc(C)cc1NC(=O)c1cncc(N(C)CCc2ccncc2)c1. The van der Waals surface area contributed by atoms with Gasteiger partial charge in [-0.05, 0) is 54.8 Å². The van der Waals surface area contributed by atoms with Gasteiger partial charge in [-0.1, -0.05) is 6.07 Å². The summed E-state index contributed by atoms with van der Waals surface area (Å²) in [6.45, 7) is 2.78. The molecule has 1 amide bonds. The van der Waals surface area contributed by atoms with Crippen LogP contribution in [0.4, 0.5) is 11.4 Å². The van der Waals surface area contributed by atoms with Crippen LogP contribution in [0.2, 0.25) is 0 Å². The molecular formula is C22H24N4O2. The van der Waals surface area contributed by atoms with Crippen LogP contribution in [0.15, 0.2) is 61.2 Å². The number of carbonyl (C=O) groups excluding carboxylic acids is 1. The summed E-state index contributed by atoms with van der Waals surface area (Å²) in [7, 11) is 3.57. The Hall–Kier alpha value is -3.41. The van der Waals surface area contributed by atoms with E-state index in [9.17, 15) is 4.79 Å². The van der Waals surface area contributed by atoms with Crippen LogP contribution >= 0.6 is 0 Å². The van der Waals surface area contributed by atoms with Crippen molar-refractivity contribution in [2.24, 2.45) is 0 Å². The molecule has 0 radical (unpaired) electrons. The third-order valence-electron chi connectivity index (χ3n) is 4.52. The summed E-state index contributed by atoms with van der Waals surface area (Å²) >= 11 is 0. The number of anilines is 2. The molecule has 2 aromatic heterocycles. The molecule has 1 aromatic carbocycles. The van der Waals surface area contributed by atoms with Crippen molar-refractivity contribution in [1.29, 1.82) is 0 Å². The zero-order valence-electron chi connectivity index (χ0n) is 16.3. The molecule has 0 bridgehead atoms. The lowest BCUT2D eigenvalue weighted by atomic mass is 10.1. The number of likely N-dealkylation sites (N-methyl/N-ethyl adjacent to an activating group) is 1. The van der Waals surface area contributed by atoms with Crippen LogP contribution in [0.25, 0.3) is 0 Å². The van der Waals surface area contributed by atoms with Gasteiger partial charge in [-0.3, -0.25) is 14.8 Å². The van der Waals surface area contributed by atoms with Crippen LogP contribution in [0.5, 0.6) is 5.75 Å². The van der Waals surface area contributed by atoms with Crippen molar-refractivity contribution in [3.63, 3.8) is 0 Å². The molecule has 0 fully saturated rings. The Balaban J connectivity index is 1.70. The zero-order valence-corrected chi connectivity index (χ0v) is 16.3. The minimum Gasteiger partial charge on any atom is -0.495 e. The highest BCUT2D eigenvalue weighted by Gasteiger charge is 2.12. The van der Waals surface area contributed by atoms with Gasteiger partial charge >= 0.3 is 0 Å². The lowest BCUT2D eigenvalue weighted by Gasteiger charge is -2.19. The summed E-state index contributed by atoms with van der Waals surface area (Å²) in [5, 5.41) is 2.91. The maximum absolute atomic E-state index is 12.7. The van der Waals surface area contributed by atoms with E-state index in [1.54, 1.807) is 31.9 Å². The summed E-state index contributed by atoms with van der Waals surface area (Å²) < 4.78 is 5.33. The van der Waals surface area contributed by atoms with Gasteiger partial charge in [0.2, 0.25) is 0 Å². The van der Waals surface area contributed by atoms with E-state index in [2.05, 4.69) is 20.2 Å². The van der Waals surface area contributed by atoms with Gasteiger partial charge in [-0.15, -0.1) is 0 Å². The van der Waals surface area contributed by atoms with Crippen LogP contribution in [0, 0.1) is 6.92 Å². The fourth-order valence-electron chi connectivity index (χ4n) is 2.85. The van der Waals surface area contributed by atoms with E-state index in [0.717, 1.165) is 24.2 Å². The van der Waals surface area contributed by atoms with Gasteiger partial charge in [0.15, 0.2) is 0 Å². The maximum atomic E-state index is 12.7. The Morgan fingerprint density at radius 2 is 1.89 bits per heavy atom. The molecule has 6 nitrogen and oxygen atoms in total. The number of nitrogens with zero attached hydrogens (tertiary/aromatic N) is 3. The molecule has 3 aromatic rings. The number of pyridine rings is 2. The van der Waals surface area contributed by atoms with Crippen molar-refractivity contribution >= 4 is 17.3 Å². The molecule has 144 valence electrons. The summed E-state index contributed by atoms with van der Waals surface area (Å²) in [6, 6.07) is 11.5. The highest BCUT2D eigenvalue weighted by Crippen LogP contribution is 2.26.